The van der Waals surface area contributed by atoms with Crippen molar-refractivity contribution in [1.29, 1.82) is 0 Å². The number of thiazole rings is 1. The average molecular weight is 467 g/mol. The highest BCUT2D eigenvalue weighted by Gasteiger charge is 2.21. The standard InChI is InChI=1S/C24H26N4O4S/c1-30-18-6-7-19-22(15-18)33-24(26-19)28(11-4-10-27-12-9-25-16-27)23(29)14-17-5-8-20(31-2)21(13-17)32-3/h5-9,12-13,15-16H,4,10-11,14H2,1-3H3. The summed E-state index contributed by atoms with van der Waals surface area (Å²) in [6, 6.07) is 11.3. The van der Waals surface area contributed by atoms with Gasteiger partial charge in [0.25, 0.3) is 0 Å². The number of aryl methyl sites for hydroxylation is 1. The van der Waals surface area contributed by atoms with E-state index < -0.39 is 0 Å². The number of benzene rings is 2. The van der Waals surface area contributed by atoms with E-state index in [0.29, 0.717) is 23.2 Å². The number of amides is 1. The summed E-state index contributed by atoms with van der Waals surface area (Å²) < 4.78 is 19.0. The number of hydrogen-bond acceptors (Lipinski definition) is 7. The van der Waals surface area contributed by atoms with Gasteiger partial charge in [0, 0.05) is 25.5 Å². The van der Waals surface area contributed by atoms with E-state index in [0.717, 1.165) is 34.5 Å². The Bertz CT molecular complexity index is 1220. The first-order chi connectivity index (χ1) is 16.1. The molecule has 0 saturated heterocycles. The maximum absolute atomic E-state index is 13.4. The first kappa shape index (κ1) is 22.6. The molecular weight excluding hydrogens is 440 g/mol. The molecule has 0 fully saturated rings. The number of rotatable bonds is 10. The van der Waals surface area contributed by atoms with Crippen molar-refractivity contribution < 1.29 is 19.0 Å². The van der Waals surface area contributed by atoms with Crippen LogP contribution in [0.3, 0.4) is 0 Å². The summed E-state index contributed by atoms with van der Waals surface area (Å²) in [6.07, 6.45) is 6.44. The fourth-order valence-electron chi connectivity index (χ4n) is 3.55. The maximum atomic E-state index is 13.4. The van der Waals surface area contributed by atoms with Gasteiger partial charge in [-0.2, -0.15) is 0 Å². The summed E-state index contributed by atoms with van der Waals surface area (Å²) in [7, 11) is 4.81. The van der Waals surface area contributed by atoms with Crippen molar-refractivity contribution in [3.63, 3.8) is 0 Å². The van der Waals surface area contributed by atoms with Gasteiger partial charge in [-0.1, -0.05) is 17.4 Å². The van der Waals surface area contributed by atoms with Crippen molar-refractivity contribution in [3.05, 3.63) is 60.7 Å². The minimum Gasteiger partial charge on any atom is -0.497 e. The van der Waals surface area contributed by atoms with Gasteiger partial charge >= 0.3 is 0 Å². The number of anilines is 1. The normalized spacial score (nSPS) is 10.9. The van der Waals surface area contributed by atoms with Gasteiger partial charge in [-0.15, -0.1) is 0 Å². The molecule has 0 atom stereocenters. The minimum absolute atomic E-state index is 0.0288. The zero-order chi connectivity index (χ0) is 23.2. The quantitative estimate of drug-likeness (QED) is 0.349. The average Bonchev–Trinajstić information content (AvgIpc) is 3.50. The number of carbonyl (C=O) groups excluding carboxylic acids is 1. The topological polar surface area (TPSA) is 78.7 Å². The van der Waals surface area contributed by atoms with Crippen molar-refractivity contribution in [3.8, 4) is 17.2 Å². The summed E-state index contributed by atoms with van der Waals surface area (Å²) in [4.78, 5) is 24.0. The van der Waals surface area contributed by atoms with E-state index in [1.807, 2.05) is 47.2 Å². The Morgan fingerprint density at radius 1 is 1.06 bits per heavy atom. The lowest BCUT2D eigenvalue weighted by molar-refractivity contribution is -0.118. The highest BCUT2D eigenvalue weighted by Crippen LogP contribution is 2.32. The van der Waals surface area contributed by atoms with Gasteiger partial charge in [-0.25, -0.2) is 9.97 Å². The fourth-order valence-corrected chi connectivity index (χ4v) is 4.59. The molecule has 1 amide bonds. The molecule has 0 bridgehead atoms. The molecule has 0 spiro atoms. The number of fused-ring (bicyclic) bond motifs is 1. The Morgan fingerprint density at radius 3 is 2.64 bits per heavy atom. The van der Waals surface area contributed by atoms with Gasteiger partial charge in [0.1, 0.15) is 5.75 Å². The van der Waals surface area contributed by atoms with E-state index in [1.165, 1.54) is 11.3 Å². The number of carbonyl (C=O) groups is 1. The van der Waals surface area contributed by atoms with E-state index in [2.05, 4.69) is 4.98 Å². The molecule has 0 aliphatic rings. The number of nitrogens with zero attached hydrogens (tertiary/aromatic N) is 4. The van der Waals surface area contributed by atoms with Crippen molar-refractivity contribution in [2.75, 3.05) is 32.8 Å². The number of hydrogen-bond donors (Lipinski definition) is 0. The number of imidazole rings is 1. The molecule has 2 aromatic heterocycles. The molecule has 2 aromatic carbocycles. The first-order valence-electron chi connectivity index (χ1n) is 10.5. The molecule has 172 valence electrons. The van der Waals surface area contributed by atoms with E-state index in [9.17, 15) is 4.79 Å². The Balaban J connectivity index is 1.58. The van der Waals surface area contributed by atoms with Crippen LogP contribution in [0.2, 0.25) is 0 Å². The Morgan fingerprint density at radius 2 is 1.91 bits per heavy atom. The lowest BCUT2D eigenvalue weighted by atomic mass is 10.1. The SMILES string of the molecule is COc1ccc2nc(N(CCCn3ccnc3)C(=O)Cc3ccc(OC)c(OC)c3)sc2c1. The smallest absolute Gasteiger partial charge is 0.233 e. The first-order valence-corrected chi connectivity index (χ1v) is 11.3. The van der Waals surface area contributed by atoms with Crippen LogP contribution >= 0.6 is 11.3 Å². The zero-order valence-electron chi connectivity index (χ0n) is 18.9. The summed E-state index contributed by atoms with van der Waals surface area (Å²) >= 11 is 1.49. The van der Waals surface area contributed by atoms with Crippen molar-refractivity contribution in [2.45, 2.75) is 19.4 Å². The highest BCUT2D eigenvalue weighted by molar-refractivity contribution is 7.22. The lowest BCUT2D eigenvalue weighted by Crippen LogP contribution is -2.33. The van der Waals surface area contributed by atoms with E-state index >= 15 is 0 Å². The third-order valence-corrected chi connectivity index (χ3v) is 6.32. The third kappa shape index (κ3) is 5.25. The molecule has 0 unspecified atom stereocenters. The molecule has 2 heterocycles. The maximum Gasteiger partial charge on any atom is 0.233 e. The molecular formula is C24H26N4O4S. The minimum atomic E-state index is -0.0288. The van der Waals surface area contributed by atoms with Crippen LogP contribution < -0.4 is 19.1 Å². The summed E-state index contributed by atoms with van der Waals surface area (Å²) in [5.41, 5.74) is 1.69. The number of aromatic nitrogens is 3. The van der Waals surface area contributed by atoms with Crippen LogP contribution in [0.15, 0.2) is 55.1 Å². The second kappa shape index (κ2) is 10.4. The summed E-state index contributed by atoms with van der Waals surface area (Å²) in [5.74, 6) is 1.97. The van der Waals surface area contributed by atoms with E-state index in [-0.39, 0.29) is 12.3 Å². The zero-order valence-corrected chi connectivity index (χ0v) is 19.7. The fraction of sp³-hybridized carbons (Fsp3) is 0.292. The van der Waals surface area contributed by atoms with Crippen molar-refractivity contribution >= 4 is 32.6 Å². The van der Waals surface area contributed by atoms with Crippen molar-refractivity contribution in [2.24, 2.45) is 0 Å². The summed E-state index contributed by atoms with van der Waals surface area (Å²) in [6.45, 7) is 1.31. The number of ether oxygens (including phenoxy) is 3. The molecule has 4 aromatic rings. The number of methoxy groups -OCH3 is 3. The summed E-state index contributed by atoms with van der Waals surface area (Å²) in [5, 5.41) is 0.675. The molecule has 33 heavy (non-hydrogen) atoms. The molecule has 0 radical (unpaired) electrons. The molecule has 8 nitrogen and oxygen atoms in total. The molecule has 0 aliphatic heterocycles. The molecule has 0 saturated carbocycles. The van der Waals surface area contributed by atoms with Gasteiger partial charge < -0.3 is 18.8 Å². The molecule has 9 heteroatoms. The van der Waals surface area contributed by atoms with Crippen LogP contribution in [0.25, 0.3) is 10.2 Å². The Kier molecular flexibility index (Phi) is 7.09. The van der Waals surface area contributed by atoms with Gasteiger partial charge in [0.15, 0.2) is 16.6 Å². The largest absolute Gasteiger partial charge is 0.497 e. The predicted molar refractivity (Wildman–Crippen MR) is 129 cm³/mol. The Labute approximate surface area is 196 Å². The van der Waals surface area contributed by atoms with Crippen LogP contribution in [0.5, 0.6) is 17.2 Å². The third-order valence-electron chi connectivity index (χ3n) is 5.28. The second-order valence-corrected chi connectivity index (χ2v) is 8.40. The van der Waals surface area contributed by atoms with Gasteiger partial charge in [0.05, 0.1) is 44.3 Å². The molecule has 4 rings (SSSR count). The van der Waals surface area contributed by atoms with Crippen LogP contribution in [0, 0.1) is 0 Å². The van der Waals surface area contributed by atoms with Crippen molar-refractivity contribution in [1.82, 2.24) is 14.5 Å². The molecule has 0 N–H and O–H groups in total. The van der Waals surface area contributed by atoms with Gasteiger partial charge in [-0.05, 0) is 42.3 Å². The van der Waals surface area contributed by atoms with Crippen LogP contribution in [-0.2, 0) is 17.8 Å². The highest BCUT2D eigenvalue weighted by atomic mass is 32.1. The second-order valence-electron chi connectivity index (χ2n) is 7.40. The monoisotopic (exact) mass is 466 g/mol. The van der Waals surface area contributed by atoms with E-state index in [1.54, 1.807) is 38.8 Å². The Hall–Kier alpha value is -3.59. The molecule has 0 aliphatic carbocycles. The lowest BCUT2D eigenvalue weighted by Gasteiger charge is -2.20. The van der Waals surface area contributed by atoms with Crippen LogP contribution in [0.1, 0.15) is 12.0 Å². The predicted octanol–water partition coefficient (Wildman–Crippen LogP) is 4.18. The van der Waals surface area contributed by atoms with Gasteiger partial charge in [-0.3, -0.25) is 9.69 Å². The van der Waals surface area contributed by atoms with Crippen LogP contribution in [-0.4, -0.2) is 48.3 Å². The van der Waals surface area contributed by atoms with Crippen LogP contribution in [0.4, 0.5) is 5.13 Å². The van der Waals surface area contributed by atoms with Gasteiger partial charge in [0.2, 0.25) is 5.91 Å². The van der Waals surface area contributed by atoms with E-state index in [4.69, 9.17) is 19.2 Å².